The Morgan fingerprint density at radius 2 is 1.75 bits per heavy atom. The lowest BCUT2D eigenvalue weighted by atomic mass is 10.3. The third kappa shape index (κ3) is 2.74. The summed E-state index contributed by atoms with van der Waals surface area (Å²) >= 11 is 0.823. The summed E-state index contributed by atoms with van der Waals surface area (Å²) < 4.78 is 57.1. The van der Waals surface area contributed by atoms with E-state index in [1.807, 2.05) is 0 Å². The number of rotatable bonds is 4. The number of ether oxygens (including phenoxy) is 1. The largest absolute Gasteiger partial charge is 0.482 e. The topological polar surface area (TPSA) is 46.5 Å². The third-order valence-corrected chi connectivity index (χ3v) is 3.35. The van der Waals surface area contributed by atoms with Crippen LogP contribution >= 0.6 is 11.3 Å². The number of aromatic carboxylic acids is 1. The van der Waals surface area contributed by atoms with E-state index in [0.717, 1.165) is 11.3 Å². The summed E-state index contributed by atoms with van der Waals surface area (Å²) in [6.45, 7) is -0.408. The molecule has 0 bridgehead atoms. The van der Waals surface area contributed by atoms with Crippen molar-refractivity contribution in [2.45, 2.75) is 6.61 Å². The summed E-state index contributed by atoms with van der Waals surface area (Å²) in [5.41, 5.74) is 0. The predicted molar refractivity (Wildman–Crippen MR) is 61.9 cm³/mol. The molecule has 0 aliphatic carbocycles. The average molecular weight is 306 g/mol. The van der Waals surface area contributed by atoms with Crippen molar-refractivity contribution in [2.75, 3.05) is 0 Å². The predicted octanol–water partition coefficient (Wildman–Crippen LogP) is 3.58. The summed E-state index contributed by atoms with van der Waals surface area (Å²) in [7, 11) is 0. The second-order valence-electron chi connectivity index (χ2n) is 3.66. The van der Waals surface area contributed by atoms with Crippen molar-refractivity contribution in [3.8, 4) is 5.75 Å². The second kappa shape index (κ2) is 5.49. The normalized spacial score (nSPS) is 10.6. The number of hydrogen-bond donors (Lipinski definition) is 1. The van der Waals surface area contributed by atoms with Gasteiger partial charge in [-0.05, 0) is 12.1 Å². The van der Waals surface area contributed by atoms with Gasteiger partial charge in [0.1, 0.15) is 11.5 Å². The van der Waals surface area contributed by atoms with Gasteiger partial charge in [-0.1, -0.05) is 0 Å². The van der Waals surface area contributed by atoms with E-state index in [9.17, 15) is 22.4 Å². The molecule has 3 nitrogen and oxygen atoms in total. The number of halogens is 4. The highest BCUT2D eigenvalue weighted by atomic mass is 32.1. The minimum Gasteiger partial charge on any atom is -0.482 e. The number of carbonyl (C=O) groups is 1. The van der Waals surface area contributed by atoms with Crippen LogP contribution < -0.4 is 4.74 Å². The van der Waals surface area contributed by atoms with Gasteiger partial charge in [-0.2, -0.15) is 8.78 Å². The molecule has 106 valence electrons. The molecule has 0 spiro atoms. The monoisotopic (exact) mass is 306 g/mol. The van der Waals surface area contributed by atoms with Crippen LogP contribution in [0.4, 0.5) is 17.6 Å². The van der Waals surface area contributed by atoms with Crippen LogP contribution in [0, 0.1) is 23.3 Å². The smallest absolute Gasteiger partial charge is 0.345 e. The molecule has 0 saturated heterocycles. The molecule has 0 amide bonds. The van der Waals surface area contributed by atoms with Crippen LogP contribution in [-0.2, 0) is 6.61 Å². The number of hydrogen-bond acceptors (Lipinski definition) is 3. The zero-order chi connectivity index (χ0) is 14.9. The van der Waals surface area contributed by atoms with Gasteiger partial charge >= 0.3 is 5.97 Å². The molecule has 0 aliphatic heterocycles. The number of benzene rings is 1. The van der Waals surface area contributed by atoms with Crippen LogP contribution in [0.5, 0.6) is 5.75 Å². The molecule has 2 rings (SSSR count). The van der Waals surface area contributed by atoms with E-state index in [-0.39, 0.29) is 10.9 Å². The maximum atomic E-state index is 13.3. The molecule has 0 saturated carbocycles. The molecule has 0 fully saturated rings. The summed E-state index contributed by atoms with van der Waals surface area (Å²) in [6, 6.07) is 2.73. The quantitative estimate of drug-likeness (QED) is 0.693. The third-order valence-electron chi connectivity index (χ3n) is 2.30. The highest BCUT2D eigenvalue weighted by Crippen LogP contribution is 2.28. The van der Waals surface area contributed by atoms with Gasteiger partial charge in [0, 0.05) is 10.9 Å². The molecular formula is C12H6F4O3S. The fourth-order valence-electron chi connectivity index (χ4n) is 1.39. The van der Waals surface area contributed by atoms with Crippen molar-refractivity contribution in [3.63, 3.8) is 0 Å². The maximum Gasteiger partial charge on any atom is 0.345 e. The summed E-state index contributed by atoms with van der Waals surface area (Å²) in [6.07, 6.45) is 0. The Morgan fingerprint density at radius 1 is 1.15 bits per heavy atom. The van der Waals surface area contributed by atoms with Gasteiger partial charge in [-0.25, -0.2) is 13.6 Å². The van der Waals surface area contributed by atoms with Gasteiger partial charge < -0.3 is 9.84 Å². The Bertz CT molecular complexity index is 643. The first-order chi connectivity index (χ1) is 9.40. The first-order valence-corrected chi connectivity index (χ1v) is 5.99. The lowest BCUT2D eigenvalue weighted by molar-refractivity contribution is 0.0702. The van der Waals surface area contributed by atoms with Gasteiger partial charge in [-0.3, -0.25) is 0 Å². The van der Waals surface area contributed by atoms with Gasteiger partial charge in [0.25, 0.3) is 0 Å². The molecule has 0 radical (unpaired) electrons. The minimum absolute atomic E-state index is 0.00923. The first kappa shape index (κ1) is 14.3. The molecule has 8 heteroatoms. The van der Waals surface area contributed by atoms with E-state index in [1.165, 1.54) is 12.1 Å². The standard InChI is InChI=1S/C12H6F4O3S/c13-6-3-7(14)10(16)11(9(6)15)19-4-5-1-2-8(20-5)12(17)18/h1-3H,4H2,(H,17,18). The molecule has 1 aromatic carbocycles. The number of thiophene rings is 1. The van der Waals surface area contributed by atoms with E-state index in [1.54, 1.807) is 0 Å². The van der Waals surface area contributed by atoms with Crippen LogP contribution in [0.3, 0.4) is 0 Å². The summed E-state index contributed by atoms with van der Waals surface area (Å²) in [4.78, 5) is 11.0. The van der Waals surface area contributed by atoms with Crippen LogP contribution in [0.25, 0.3) is 0 Å². The molecule has 1 N–H and O–H groups in total. The number of carboxylic acids is 1. The Labute approximate surface area is 114 Å². The van der Waals surface area contributed by atoms with Crippen molar-refractivity contribution in [2.24, 2.45) is 0 Å². The lowest BCUT2D eigenvalue weighted by Crippen LogP contribution is -2.03. The molecule has 0 unspecified atom stereocenters. The van der Waals surface area contributed by atoms with Gasteiger partial charge in [0.15, 0.2) is 17.4 Å². The second-order valence-corrected chi connectivity index (χ2v) is 4.83. The fourth-order valence-corrected chi connectivity index (χ4v) is 2.15. The van der Waals surface area contributed by atoms with E-state index in [0.29, 0.717) is 4.88 Å². The number of carboxylic acid groups (broad SMARTS) is 1. The van der Waals surface area contributed by atoms with Gasteiger partial charge in [0.2, 0.25) is 11.6 Å². The molecule has 2 aromatic rings. The fraction of sp³-hybridized carbons (Fsp3) is 0.0833. The average Bonchev–Trinajstić information content (AvgIpc) is 2.85. The first-order valence-electron chi connectivity index (χ1n) is 5.18. The van der Waals surface area contributed by atoms with Crippen molar-refractivity contribution in [1.82, 2.24) is 0 Å². The Hall–Kier alpha value is -2.09. The van der Waals surface area contributed by atoms with Crippen molar-refractivity contribution in [3.05, 3.63) is 51.2 Å². The summed E-state index contributed by atoms with van der Waals surface area (Å²) in [5, 5.41) is 8.69. The zero-order valence-electron chi connectivity index (χ0n) is 9.62. The van der Waals surface area contributed by atoms with E-state index < -0.39 is 41.6 Å². The van der Waals surface area contributed by atoms with Crippen LogP contribution in [0.2, 0.25) is 0 Å². The lowest BCUT2D eigenvalue weighted by Gasteiger charge is -2.08. The van der Waals surface area contributed by atoms with E-state index in [2.05, 4.69) is 0 Å². The minimum atomic E-state index is -1.64. The van der Waals surface area contributed by atoms with Crippen LogP contribution in [0.1, 0.15) is 14.5 Å². The Balaban J connectivity index is 2.20. The zero-order valence-corrected chi connectivity index (χ0v) is 10.4. The van der Waals surface area contributed by atoms with E-state index in [4.69, 9.17) is 9.84 Å². The van der Waals surface area contributed by atoms with Crippen molar-refractivity contribution < 1.29 is 32.2 Å². The molecule has 1 heterocycles. The SMILES string of the molecule is O=C(O)c1ccc(COc2c(F)c(F)cc(F)c2F)s1. The van der Waals surface area contributed by atoms with Gasteiger partial charge in [-0.15, -0.1) is 11.3 Å². The Kier molecular flexibility index (Phi) is 3.93. The van der Waals surface area contributed by atoms with E-state index >= 15 is 0 Å². The van der Waals surface area contributed by atoms with Crippen molar-refractivity contribution >= 4 is 17.3 Å². The van der Waals surface area contributed by atoms with Gasteiger partial charge in [0.05, 0.1) is 0 Å². The molecule has 0 aliphatic rings. The van der Waals surface area contributed by atoms with Crippen LogP contribution in [0.15, 0.2) is 18.2 Å². The maximum absolute atomic E-state index is 13.3. The highest BCUT2D eigenvalue weighted by Gasteiger charge is 2.21. The summed E-state index contributed by atoms with van der Waals surface area (Å²) in [5.74, 6) is -8.76. The molecule has 0 atom stereocenters. The molecule has 1 aromatic heterocycles. The van der Waals surface area contributed by atoms with Crippen molar-refractivity contribution in [1.29, 1.82) is 0 Å². The highest BCUT2D eigenvalue weighted by molar-refractivity contribution is 7.13. The van der Waals surface area contributed by atoms with Crippen LogP contribution in [-0.4, -0.2) is 11.1 Å². The Morgan fingerprint density at radius 3 is 2.25 bits per heavy atom. The molecule has 20 heavy (non-hydrogen) atoms. The molecular weight excluding hydrogens is 300 g/mol.